The second kappa shape index (κ2) is 8.29. The first kappa shape index (κ1) is 21.1. The van der Waals surface area contributed by atoms with Gasteiger partial charge in [-0.15, -0.1) is 0 Å². The van der Waals surface area contributed by atoms with E-state index in [0.717, 1.165) is 17.0 Å². The SMILES string of the molecule is NC(=O)Cc1cc(-c2cccc(F)c2F)cc2c1[nH]c1ccc(C(=O)N3CCOCC3)cc12. The van der Waals surface area contributed by atoms with Gasteiger partial charge in [-0.05, 0) is 47.5 Å². The number of nitrogens with two attached hydrogens (primary N) is 1. The summed E-state index contributed by atoms with van der Waals surface area (Å²) in [6, 6.07) is 12.7. The summed E-state index contributed by atoms with van der Waals surface area (Å²) < 4.78 is 33.8. The number of amides is 2. The van der Waals surface area contributed by atoms with Crippen molar-refractivity contribution in [3.63, 3.8) is 0 Å². The van der Waals surface area contributed by atoms with Crippen molar-refractivity contribution in [2.24, 2.45) is 5.73 Å². The van der Waals surface area contributed by atoms with Crippen molar-refractivity contribution in [2.45, 2.75) is 6.42 Å². The summed E-state index contributed by atoms with van der Waals surface area (Å²) in [6.07, 6.45) is -0.0757. The highest BCUT2D eigenvalue weighted by molar-refractivity contribution is 6.12. The van der Waals surface area contributed by atoms with E-state index in [2.05, 4.69) is 4.98 Å². The third kappa shape index (κ3) is 3.82. The number of aromatic nitrogens is 1. The van der Waals surface area contributed by atoms with Gasteiger partial charge < -0.3 is 20.4 Å². The first-order valence-electron chi connectivity index (χ1n) is 10.6. The van der Waals surface area contributed by atoms with Gasteiger partial charge in [-0.25, -0.2) is 8.78 Å². The van der Waals surface area contributed by atoms with Gasteiger partial charge in [0, 0.05) is 40.5 Å². The normalized spacial score (nSPS) is 14.2. The number of carbonyl (C=O) groups excluding carboxylic acids is 2. The molecule has 0 spiro atoms. The molecular formula is C25H21F2N3O3. The number of fused-ring (bicyclic) bond motifs is 3. The third-order valence-corrected chi connectivity index (χ3v) is 5.96. The fraction of sp³-hybridized carbons (Fsp3) is 0.200. The Balaban J connectivity index is 1.70. The molecule has 0 bridgehead atoms. The van der Waals surface area contributed by atoms with Gasteiger partial charge in [-0.1, -0.05) is 12.1 Å². The highest BCUT2D eigenvalue weighted by atomic mass is 19.2. The lowest BCUT2D eigenvalue weighted by molar-refractivity contribution is -0.117. The molecule has 0 aliphatic carbocycles. The zero-order valence-electron chi connectivity index (χ0n) is 17.7. The molecule has 33 heavy (non-hydrogen) atoms. The number of aromatic amines is 1. The summed E-state index contributed by atoms with van der Waals surface area (Å²) in [4.78, 5) is 29.7. The molecule has 0 radical (unpaired) electrons. The number of nitrogens with one attached hydrogen (secondary N) is 1. The minimum Gasteiger partial charge on any atom is -0.378 e. The zero-order valence-corrected chi connectivity index (χ0v) is 17.7. The van der Waals surface area contributed by atoms with Crippen LogP contribution in [0.15, 0.2) is 48.5 Å². The minimum absolute atomic E-state index is 0.0757. The molecule has 1 aromatic heterocycles. The van der Waals surface area contributed by atoms with E-state index in [9.17, 15) is 18.4 Å². The molecule has 0 unspecified atom stereocenters. The first-order valence-corrected chi connectivity index (χ1v) is 10.6. The molecule has 1 saturated heterocycles. The second-order valence-electron chi connectivity index (χ2n) is 8.09. The minimum atomic E-state index is -0.968. The van der Waals surface area contributed by atoms with Crippen molar-refractivity contribution >= 4 is 33.6 Å². The van der Waals surface area contributed by atoms with E-state index in [-0.39, 0.29) is 17.9 Å². The van der Waals surface area contributed by atoms with Gasteiger partial charge in [0.15, 0.2) is 11.6 Å². The highest BCUT2D eigenvalue weighted by Gasteiger charge is 2.21. The Kier molecular flexibility index (Phi) is 5.30. The highest BCUT2D eigenvalue weighted by Crippen LogP contribution is 2.35. The lowest BCUT2D eigenvalue weighted by Crippen LogP contribution is -2.40. The molecule has 6 nitrogen and oxygen atoms in total. The molecule has 3 aromatic carbocycles. The number of hydrogen-bond acceptors (Lipinski definition) is 3. The Morgan fingerprint density at radius 1 is 1.03 bits per heavy atom. The Hall–Kier alpha value is -3.78. The van der Waals surface area contributed by atoms with Crippen LogP contribution in [-0.4, -0.2) is 48.0 Å². The number of H-pyrrole nitrogens is 1. The van der Waals surface area contributed by atoms with E-state index in [1.165, 1.54) is 12.1 Å². The molecule has 3 N–H and O–H groups in total. The van der Waals surface area contributed by atoms with Gasteiger partial charge in [0.25, 0.3) is 5.91 Å². The second-order valence-corrected chi connectivity index (χ2v) is 8.09. The predicted octanol–water partition coefficient (Wildman–Crippen LogP) is 3.77. The van der Waals surface area contributed by atoms with Crippen LogP contribution in [-0.2, 0) is 16.0 Å². The molecule has 168 valence electrons. The van der Waals surface area contributed by atoms with Crippen LogP contribution in [0, 0.1) is 11.6 Å². The maximum atomic E-state index is 14.6. The van der Waals surface area contributed by atoms with Crippen LogP contribution < -0.4 is 5.73 Å². The number of morpholine rings is 1. The number of rotatable bonds is 4. The largest absolute Gasteiger partial charge is 0.378 e. The Labute approximate surface area is 187 Å². The van der Waals surface area contributed by atoms with Crippen LogP contribution in [0.3, 0.4) is 0 Å². The van der Waals surface area contributed by atoms with Crippen molar-refractivity contribution in [3.8, 4) is 11.1 Å². The lowest BCUT2D eigenvalue weighted by atomic mass is 9.97. The van der Waals surface area contributed by atoms with Crippen molar-refractivity contribution in [1.29, 1.82) is 0 Å². The van der Waals surface area contributed by atoms with Gasteiger partial charge in [0.1, 0.15) is 0 Å². The van der Waals surface area contributed by atoms with Crippen LogP contribution in [0.4, 0.5) is 8.78 Å². The fourth-order valence-electron chi connectivity index (χ4n) is 4.36. The predicted molar refractivity (Wildman–Crippen MR) is 121 cm³/mol. The van der Waals surface area contributed by atoms with E-state index in [1.54, 1.807) is 35.2 Å². The van der Waals surface area contributed by atoms with Gasteiger partial charge in [0.2, 0.25) is 5.91 Å². The summed E-state index contributed by atoms with van der Waals surface area (Å²) in [5.74, 6) is -2.57. The smallest absolute Gasteiger partial charge is 0.254 e. The molecule has 2 amide bonds. The van der Waals surface area contributed by atoms with E-state index in [0.29, 0.717) is 53.9 Å². The zero-order chi connectivity index (χ0) is 23.1. The average molecular weight is 449 g/mol. The molecule has 1 aliphatic heterocycles. The first-order chi connectivity index (χ1) is 15.9. The Morgan fingerprint density at radius 2 is 1.82 bits per heavy atom. The number of primary amides is 1. The van der Waals surface area contributed by atoms with Gasteiger partial charge in [-0.3, -0.25) is 9.59 Å². The van der Waals surface area contributed by atoms with E-state index in [1.807, 2.05) is 0 Å². The summed E-state index contributed by atoms with van der Waals surface area (Å²) in [7, 11) is 0. The van der Waals surface area contributed by atoms with Crippen LogP contribution in [0.5, 0.6) is 0 Å². The number of hydrogen-bond donors (Lipinski definition) is 2. The maximum absolute atomic E-state index is 14.6. The van der Waals surface area contributed by atoms with Crippen molar-refractivity contribution in [3.05, 3.63) is 71.3 Å². The third-order valence-electron chi connectivity index (χ3n) is 5.96. The standard InChI is InChI=1S/C25H21F2N3O3/c26-20-3-1-2-17(23(20)27)15-10-16(13-22(28)31)24-19(12-15)18-11-14(4-5-21(18)29-24)25(32)30-6-8-33-9-7-30/h1-5,10-12,29H,6-9,13H2,(H2,28,31). The number of benzene rings is 3. The number of carbonyl (C=O) groups is 2. The van der Waals surface area contributed by atoms with Crippen molar-refractivity contribution < 1.29 is 23.1 Å². The molecule has 1 fully saturated rings. The molecule has 0 atom stereocenters. The maximum Gasteiger partial charge on any atom is 0.254 e. The molecule has 1 aliphatic rings. The summed E-state index contributed by atoms with van der Waals surface area (Å²) in [5.41, 5.74) is 8.46. The Morgan fingerprint density at radius 3 is 2.58 bits per heavy atom. The summed E-state index contributed by atoms with van der Waals surface area (Å²) >= 11 is 0. The monoisotopic (exact) mass is 449 g/mol. The summed E-state index contributed by atoms with van der Waals surface area (Å²) in [5, 5.41) is 1.44. The molecule has 2 heterocycles. The fourth-order valence-corrected chi connectivity index (χ4v) is 4.36. The average Bonchev–Trinajstić information content (AvgIpc) is 3.19. The number of nitrogens with zero attached hydrogens (tertiary/aromatic N) is 1. The summed E-state index contributed by atoms with van der Waals surface area (Å²) in [6.45, 7) is 2.05. The topological polar surface area (TPSA) is 88.4 Å². The van der Waals surface area contributed by atoms with E-state index < -0.39 is 17.5 Å². The van der Waals surface area contributed by atoms with Gasteiger partial charge in [0.05, 0.1) is 25.2 Å². The van der Waals surface area contributed by atoms with E-state index >= 15 is 0 Å². The van der Waals surface area contributed by atoms with Gasteiger partial charge in [-0.2, -0.15) is 0 Å². The van der Waals surface area contributed by atoms with Crippen LogP contribution in [0.2, 0.25) is 0 Å². The molecule has 8 heteroatoms. The molecule has 4 aromatic rings. The van der Waals surface area contributed by atoms with E-state index in [4.69, 9.17) is 10.5 Å². The van der Waals surface area contributed by atoms with Crippen molar-refractivity contribution in [2.75, 3.05) is 26.3 Å². The molecule has 5 rings (SSSR count). The lowest BCUT2D eigenvalue weighted by Gasteiger charge is -2.26. The van der Waals surface area contributed by atoms with Crippen LogP contribution in [0.25, 0.3) is 32.9 Å². The van der Waals surface area contributed by atoms with Crippen LogP contribution in [0.1, 0.15) is 15.9 Å². The Bertz CT molecular complexity index is 1410. The van der Waals surface area contributed by atoms with Crippen LogP contribution >= 0.6 is 0 Å². The van der Waals surface area contributed by atoms with Gasteiger partial charge >= 0.3 is 0 Å². The van der Waals surface area contributed by atoms with Crippen molar-refractivity contribution in [1.82, 2.24) is 9.88 Å². The number of ether oxygens (including phenoxy) is 1. The quantitative estimate of drug-likeness (QED) is 0.497. The number of halogens is 2. The molecule has 0 saturated carbocycles. The molecular weight excluding hydrogens is 428 g/mol.